The number of nitrogens with one attached hydrogen (secondary N) is 1. The monoisotopic (exact) mass is 373 g/mol. The summed E-state index contributed by atoms with van der Waals surface area (Å²) in [6, 6.07) is 5.27. The van der Waals surface area contributed by atoms with Crippen LogP contribution in [0.4, 0.5) is 5.69 Å². The number of hydrogen-bond donors (Lipinski definition) is 2. The number of β-amino-alcohol motifs (C(OH)–C–C–N with tert-alkyl or cyclic N) is 1. The molecular weight excluding hydrogens is 354 g/mol. The molecule has 2 heterocycles. The molecule has 2 N–H and O–H groups in total. The van der Waals surface area contributed by atoms with Gasteiger partial charge < -0.3 is 24.8 Å². The molecule has 0 fully saturated rings. The normalized spacial score (nSPS) is 13.9. The highest BCUT2D eigenvalue weighted by atomic mass is 16.5. The van der Waals surface area contributed by atoms with Gasteiger partial charge in [-0.3, -0.25) is 9.36 Å². The first-order valence-corrected chi connectivity index (χ1v) is 8.10. The third-order valence-electron chi connectivity index (χ3n) is 4.11. The average Bonchev–Trinajstić information content (AvgIpc) is 3.32. The molecule has 0 radical (unpaired) electrons. The summed E-state index contributed by atoms with van der Waals surface area (Å²) in [4.78, 5) is 26.1. The summed E-state index contributed by atoms with van der Waals surface area (Å²) in [6.45, 7) is -0.0376. The molecule has 2 aromatic rings. The topological polar surface area (TPSA) is 119 Å². The molecule has 1 aromatic heterocycles. The fourth-order valence-electron chi connectivity index (χ4n) is 2.77. The van der Waals surface area contributed by atoms with Crippen LogP contribution in [0, 0.1) is 0 Å². The van der Waals surface area contributed by atoms with Crippen LogP contribution in [-0.2, 0) is 14.3 Å². The number of rotatable bonds is 7. The van der Waals surface area contributed by atoms with Crippen molar-refractivity contribution in [1.29, 1.82) is 0 Å². The highest BCUT2D eigenvalue weighted by molar-refractivity contribution is 6.08. The van der Waals surface area contributed by atoms with Crippen LogP contribution >= 0.6 is 0 Å². The number of hydrogen-bond acceptors (Lipinski definition) is 8. The van der Waals surface area contributed by atoms with Crippen LogP contribution in [0.1, 0.15) is 0 Å². The second-order valence-electron chi connectivity index (χ2n) is 5.67. The van der Waals surface area contributed by atoms with Gasteiger partial charge in [-0.2, -0.15) is 0 Å². The molecule has 0 spiro atoms. The van der Waals surface area contributed by atoms with Crippen molar-refractivity contribution in [2.75, 3.05) is 39.2 Å². The van der Waals surface area contributed by atoms with E-state index < -0.39 is 11.9 Å². The minimum Gasteiger partial charge on any atom is -0.495 e. The lowest BCUT2D eigenvalue weighted by Gasteiger charge is -2.16. The summed E-state index contributed by atoms with van der Waals surface area (Å²) in [5.74, 6) is -0.529. The average molecular weight is 373 g/mol. The SMILES string of the molecule is COC(=O)C1=C(Nc2cc(-n3cnnc3)ccc2OC)C(=O)N(CCO)C1. The standard InChI is InChI=1S/C17H19N5O5/c1-26-14-4-3-11(22-9-18-19-10-22)7-13(14)20-15-12(17(25)27-2)8-21(5-6-23)16(15)24/h3-4,7,9-10,20,23H,5-6,8H2,1-2H3. The molecule has 0 bridgehead atoms. The Morgan fingerprint density at radius 3 is 2.67 bits per heavy atom. The number of anilines is 1. The van der Waals surface area contributed by atoms with Crippen LogP contribution in [0.3, 0.4) is 0 Å². The first-order valence-electron chi connectivity index (χ1n) is 8.10. The van der Waals surface area contributed by atoms with Crippen LogP contribution in [-0.4, -0.2) is 70.6 Å². The number of methoxy groups -OCH3 is 2. The van der Waals surface area contributed by atoms with E-state index in [2.05, 4.69) is 15.5 Å². The van der Waals surface area contributed by atoms with Crippen molar-refractivity contribution in [3.05, 3.63) is 42.1 Å². The molecule has 10 heteroatoms. The summed E-state index contributed by atoms with van der Waals surface area (Å²) in [6.07, 6.45) is 3.07. The second-order valence-corrected chi connectivity index (χ2v) is 5.67. The molecule has 0 aliphatic carbocycles. The Labute approximate surface area is 155 Å². The van der Waals surface area contributed by atoms with Gasteiger partial charge in [-0.05, 0) is 18.2 Å². The lowest BCUT2D eigenvalue weighted by molar-refractivity contribution is -0.136. The number of esters is 1. The Balaban J connectivity index is 1.99. The summed E-state index contributed by atoms with van der Waals surface area (Å²) in [5, 5.41) is 19.7. The van der Waals surface area contributed by atoms with E-state index >= 15 is 0 Å². The summed E-state index contributed by atoms with van der Waals surface area (Å²) < 4.78 is 11.8. The van der Waals surface area contributed by atoms with Crippen molar-refractivity contribution < 1.29 is 24.2 Å². The van der Waals surface area contributed by atoms with E-state index in [1.165, 1.54) is 31.8 Å². The number of aliphatic hydroxyl groups is 1. The molecule has 10 nitrogen and oxygen atoms in total. The van der Waals surface area contributed by atoms with Gasteiger partial charge in [-0.15, -0.1) is 10.2 Å². The Morgan fingerprint density at radius 2 is 2.04 bits per heavy atom. The molecule has 1 aliphatic rings. The number of carbonyl (C=O) groups excluding carboxylic acids is 2. The van der Waals surface area contributed by atoms with Gasteiger partial charge in [0.15, 0.2) is 0 Å². The van der Waals surface area contributed by atoms with Crippen molar-refractivity contribution >= 4 is 17.6 Å². The fourth-order valence-corrected chi connectivity index (χ4v) is 2.77. The highest BCUT2D eigenvalue weighted by Gasteiger charge is 2.34. The number of ether oxygens (including phenoxy) is 2. The van der Waals surface area contributed by atoms with Crippen molar-refractivity contribution in [3.8, 4) is 11.4 Å². The van der Waals surface area contributed by atoms with E-state index in [4.69, 9.17) is 14.6 Å². The third kappa shape index (κ3) is 3.60. The molecule has 1 amide bonds. The van der Waals surface area contributed by atoms with Gasteiger partial charge >= 0.3 is 5.97 Å². The maximum absolute atomic E-state index is 12.7. The largest absolute Gasteiger partial charge is 0.495 e. The number of nitrogens with zero attached hydrogens (tertiary/aromatic N) is 4. The Kier molecular flexibility index (Phi) is 5.36. The zero-order valence-electron chi connectivity index (χ0n) is 14.9. The lowest BCUT2D eigenvalue weighted by Crippen LogP contribution is -2.31. The van der Waals surface area contributed by atoms with Crippen LogP contribution in [0.5, 0.6) is 5.75 Å². The van der Waals surface area contributed by atoms with E-state index in [0.717, 1.165) is 5.69 Å². The molecule has 0 saturated carbocycles. The fraction of sp³-hybridized carbons (Fsp3) is 0.294. The molecule has 0 unspecified atom stereocenters. The number of benzene rings is 1. The van der Waals surface area contributed by atoms with Gasteiger partial charge in [-0.1, -0.05) is 0 Å². The predicted molar refractivity (Wildman–Crippen MR) is 94.2 cm³/mol. The Bertz CT molecular complexity index is 878. The van der Waals surface area contributed by atoms with Crippen LogP contribution in [0.2, 0.25) is 0 Å². The van der Waals surface area contributed by atoms with Crippen LogP contribution < -0.4 is 10.1 Å². The third-order valence-corrected chi connectivity index (χ3v) is 4.11. The minimum absolute atomic E-state index is 0.0574. The molecule has 0 saturated heterocycles. The van der Waals surface area contributed by atoms with E-state index in [1.54, 1.807) is 22.8 Å². The molecule has 3 rings (SSSR count). The van der Waals surface area contributed by atoms with Crippen LogP contribution in [0.15, 0.2) is 42.1 Å². The molecule has 142 valence electrons. The van der Waals surface area contributed by atoms with E-state index in [0.29, 0.717) is 11.4 Å². The molecular formula is C17H19N5O5. The maximum Gasteiger partial charge on any atom is 0.337 e. The van der Waals surface area contributed by atoms with Crippen LogP contribution in [0.25, 0.3) is 5.69 Å². The molecule has 1 aliphatic heterocycles. The summed E-state index contributed by atoms with van der Waals surface area (Å²) in [7, 11) is 2.75. The second kappa shape index (κ2) is 7.87. The van der Waals surface area contributed by atoms with E-state index in [9.17, 15) is 9.59 Å². The highest BCUT2D eigenvalue weighted by Crippen LogP contribution is 2.31. The minimum atomic E-state index is -0.611. The van der Waals surface area contributed by atoms with Gasteiger partial charge in [0.05, 0.1) is 44.3 Å². The summed E-state index contributed by atoms with van der Waals surface area (Å²) >= 11 is 0. The van der Waals surface area contributed by atoms with Crippen molar-refractivity contribution in [1.82, 2.24) is 19.7 Å². The van der Waals surface area contributed by atoms with Crippen molar-refractivity contribution in [2.24, 2.45) is 0 Å². The number of aliphatic hydroxyl groups excluding tert-OH is 1. The van der Waals surface area contributed by atoms with Gasteiger partial charge in [0, 0.05) is 6.54 Å². The smallest absolute Gasteiger partial charge is 0.337 e. The number of carbonyl (C=O) groups is 2. The van der Waals surface area contributed by atoms with Gasteiger partial charge in [-0.25, -0.2) is 4.79 Å². The molecule has 27 heavy (non-hydrogen) atoms. The quantitative estimate of drug-likeness (QED) is 0.649. The first-order chi connectivity index (χ1) is 13.1. The van der Waals surface area contributed by atoms with Gasteiger partial charge in [0.2, 0.25) is 0 Å². The zero-order chi connectivity index (χ0) is 19.4. The number of amides is 1. The van der Waals surface area contributed by atoms with Gasteiger partial charge in [0.25, 0.3) is 5.91 Å². The lowest BCUT2D eigenvalue weighted by atomic mass is 10.2. The Morgan fingerprint density at radius 1 is 1.30 bits per heavy atom. The predicted octanol–water partition coefficient (Wildman–Crippen LogP) is -0.0506. The van der Waals surface area contributed by atoms with E-state index in [-0.39, 0.29) is 31.0 Å². The zero-order valence-corrected chi connectivity index (χ0v) is 14.9. The molecule has 1 aromatic carbocycles. The first kappa shape index (κ1) is 18.4. The summed E-state index contributed by atoms with van der Waals surface area (Å²) in [5.41, 5.74) is 1.50. The number of aromatic nitrogens is 3. The van der Waals surface area contributed by atoms with Crippen molar-refractivity contribution in [3.63, 3.8) is 0 Å². The Hall–Kier alpha value is -3.40. The van der Waals surface area contributed by atoms with Gasteiger partial charge in [0.1, 0.15) is 24.1 Å². The van der Waals surface area contributed by atoms with E-state index in [1.807, 2.05) is 0 Å². The molecule has 0 atom stereocenters. The maximum atomic E-state index is 12.7. The van der Waals surface area contributed by atoms with Crippen molar-refractivity contribution in [2.45, 2.75) is 0 Å².